The molecule has 7 heteroatoms. The Kier molecular flexibility index (Phi) is 4.19. The molecule has 1 amide bonds. The van der Waals surface area contributed by atoms with E-state index in [4.69, 9.17) is 5.21 Å². The Morgan fingerprint density at radius 3 is 2.90 bits per heavy atom. The maximum Gasteiger partial charge on any atom is 0.262 e. The van der Waals surface area contributed by atoms with Crippen LogP contribution >= 0.6 is 0 Å². The van der Waals surface area contributed by atoms with Crippen molar-refractivity contribution in [3.63, 3.8) is 0 Å². The molecular formula is C13H17FN4O2. The van der Waals surface area contributed by atoms with Crippen molar-refractivity contribution in [2.24, 2.45) is 5.92 Å². The highest BCUT2D eigenvalue weighted by atomic mass is 19.1. The molecule has 2 heterocycles. The van der Waals surface area contributed by atoms with Gasteiger partial charge >= 0.3 is 0 Å². The van der Waals surface area contributed by atoms with Crippen LogP contribution in [0.4, 0.5) is 10.2 Å². The Morgan fingerprint density at radius 2 is 2.25 bits per heavy atom. The van der Waals surface area contributed by atoms with E-state index in [1.807, 2.05) is 13.8 Å². The van der Waals surface area contributed by atoms with Gasteiger partial charge in [0.25, 0.3) is 5.91 Å². The van der Waals surface area contributed by atoms with Crippen molar-refractivity contribution >= 4 is 17.4 Å². The van der Waals surface area contributed by atoms with Gasteiger partial charge in [-0.05, 0) is 24.5 Å². The fourth-order valence-corrected chi connectivity index (χ4v) is 1.99. The number of fused-ring (bicyclic) bond motifs is 1. The maximum atomic E-state index is 13.4. The average molecular weight is 280 g/mol. The van der Waals surface area contributed by atoms with Crippen LogP contribution in [0.3, 0.4) is 0 Å². The minimum Gasteiger partial charge on any atom is -0.359 e. The summed E-state index contributed by atoms with van der Waals surface area (Å²) >= 11 is 0. The zero-order valence-electron chi connectivity index (χ0n) is 11.4. The number of carbonyl (C=O) groups excluding carboxylic acids is 1. The number of rotatable bonds is 5. The number of carbonyl (C=O) groups is 1. The minimum atomic E-state index is -0.566. The van der Waals surface area contributed by atoms with Gasteiger partial charge in [0.05, 0.1) is 12.2 Å². The van der Waals surface area contributed by atoms with Crippen molar-refractivity contribution in [3.8, 4) is 0 Å². The number of aromatic nitrogens is 2. The number of hydrogen-bond acceptors (Lipinski definition) is 4. The minimum absolute atomic E-state index is 0.103. The van der Waals surface area contributed by atoms with Gasteiger partial charge in [-0.25, -0.2) is 14.9 Å². The van der Waals surface area contributed by atoms with Crippen LogP contribution in [-0.2, 0) is 11.2 Å². The molecule has 0 bridgehead atoms. The quantitative estimate of drug-likeness (QED) is 0.574. The van der Waals surface area contributed by atoms with E-state index in [0.717, 1.165) is 5.69 Å². The van der Waals surface area contributed by atoms with Crippen LogP contribution in [-0.4, -0.2) is 27.0 Å². The predicted octanol–water partition coefficient (Wildman–Crippen LogP) is 1.59. The van der Waals surface area contributed by atoms with Gasteiger partial charge in [-0.1, -0.05) is 13.8 Å². The van der Waals surface area contributed by atoms with Gasteiger partial charge in [-0.3, -0.25) is 14.4 Å². The van der Waals surface area contributed by atoms with E-state index in [-0.39, 0.29) is 12.4 Å². The molecule has 6 nitrogen and oxygen atoms in total. The molecule has 0 aromatic carbocycles. The largest absolute Gasteiger partial charge is 0.359 e. The first-order valence-electron chi connectivity index (χ1n) is 6.34. The number of hydroxylamine groups is 1. The highest BCUT2D eigenvalue weighted by molar-refractivity contribution is 5.79. The highest BCUT2D eigenvalue weighted by Crippen LogP contribution is 2.21. The molecule has 0 aliphatic rings. The number of pyridine rings is 1. The Morgan fingerprint density at radius 1 is 1.50 bits per heavy atom. The second kappa shape index (κ2) is 5.87. The van der Waals surface area contributed by atoms with Crippen molar-refractivity contribution in [1.82, 2.24) is 14.9 Å². The summed E-state index contributed by atoms with van der Waals surface area (Å²) in [6.07, 6.45) is 2.06. The highest BCUT2D eigenvalue weighted by Gasteiger charge is 2.14. The van der Waals surface area contributed by atoms with Crippen LogP contribution in [0.5, 0.6) is 0 Å². The summed E-state index contributed by atoms with van der Waals surface area (Å²) in [5.41, 5.74) is 2.95. The average Bonchev–Trinajstić information content (AvgIpc) is 2.73. The van der Waals surface area contributed by atoms with Crippen LogP contribution in [0.2, 0.25) is 0 Å². The van der Waals surface area contributed by atoms with Gasteiger partial charge in [-0.15, -0.1) is 0 Å². The van der Waals surface area contributed by atoms with Crippen LogP contribution in [0, 0.1) is 11.7 Å². The normalized spacial score (nSPS) is 11.1. The van der Waals surface area contributed by atoms with Crippen molar-refractivity contribution in [3.05, 3.63) is 29.8 Å². The molecule has 0 saturated heterocycles. The first-order chi connectivity index (χ1) is 9.51. The van der Waals surface area contributed by atoms with Crippen molar-refractivity contribution in [2.75, 3.05) is 11.9 Å². The molecule has 0 atom stereocenters. The number of imidazole rings is 1. The van der Waals surface area contributed by atoms with Crippen molar-refractivity contribution in [2.45, 2.75) is 20.3 Å². The molecule has 0 aliphatic carbocycles. The number of hydrogen-bond donors (Lipinski definition) is 3. The fraction of sp³-hybridized carbons (Fsp3) is 0.385. The van der Waals surface area contributed by atoms with Crippen molar-refractivity contribution < 1.29 is 14.4 Å². The summed E-state index contributed by atoms with van der Waals surface area (Å²) < 4.78 is 15.0. The molecule has 0 saturated carbocycles. The van der Waals surface area contributed by atoms with Crippen molar-refractivity contribution in [1.29, 1.82) is 0 Å². The standard InChI is InChI=1S/C13H17FN4O2/c1-8(2)5-10-13(15-6-12(19)17-20)16-11-4-3-9(14)7-18(10)11/h3-4,7-8,15,20H,5-6H2,1-2H3,(H,17,19). The molecule has 20 heavy (non-hydrogen) atoms. The summed E-state index contributed by atoms with van der Waals surface area (Å²) in [7, 11) is 0. The smallest absolute Gasteiger partial charge is 0.262 e. The summed E-state index contributed by atoms with van der Waals surface area (Å²) in [6.45, 7) is 3.99. The Balaban J connectivity index is 2.38. The van der Waals surface area contributed by atoms with Crippen LogP contribution in [0.25, 0.3) is 5.65 Å². The predicted molar refractivity (Wildman–Crippen MR) is 72.1 cm³/mol. The van der Waals surface area contributed by atoms with Crippen LogP contribution in [0.1, 0.15) is 19.5 Å². The molecule has 2 aromatic rings. The van der Waals surface area contributed by atoms with Gasteiger partial charge in [0.2, 0.25) is 0 Å². The Hall–Kier alpha value is -2.15. The molecule has 0 unspecified atom stereocenters. The lowest BCUT2D eigenvalue weighted by atomic mass is 10.1. The van der Waals surface area contributed by atoms with Crippen LogP contribution < -0.4 is 10.8 Å². The number of nitrogens with zero attached hydrogens (tertiary/aromatic N) is 2. The van der Waals surface area contributed by atoms with Gasteiger partial charge < -0.3 is 5.32 Å². The molecular weight excluding hydrogens is 263 g/mol. The maximum absolute atomic E-state index is 13.4. The molecule has 2 aromatic heterocycles. The summed E-state index contributed by atoms with van der Waals surface area (Å²) in [5.74, 6) is -0.0402. The lowest BCUT2D eigenvalue weighted by Crippen LogP contribution is -2.27. The second-order valence-corrected chi connectivity index (χ2v) is 4.97. The molecule has 0 radical (unpaired) electrons. The summed E-state index contributed by atoms with van der Waals surface area (Å²) in [4.78, 5) is 15.4. The topological polar surface area (TPSA) is 78.7 Å². The summed E-state index contributed by atoms with van der Waals surface area (Å²) in [5, 5.41) is 11.3. The third kappa shape index (κ3) is 3.05. The SMILES string of the molecule is CC(C)Cc1c(NCC(=O)NO)nc2ccc(F)cn12. The lowest BCUT2D eigenvalue weighted by molar-refractivity contribution is -0.127. The van der Waals surface area contributed by atoms with Gasteiger partial charge in [0.15, 0.2) is 0 Å². The lowest BCUT2D eigenvalue weighted by Gasteiger charge is -2.09. The molecule has 108 valence electrons. The number of nitrogens with one attached hydrogen (secondary N) is 2. The van der Waals surface area contributed by atoms with E-state index in [1.54, 1.807) is 15.9 Å². The van der Waals surface area contributed by atoms with E-state index in [1.165, 1.54) is 12.3 Å². The number of amides is 1. The van der Waals surface area contributed by atoms with Crippen LogP contribution in [0.15, 0.2) is 18.3 Å². The Labute approximate surface area is 115 Å². The molecule has 3 N–H and O–H groups in total. The third-order valence-electron chi connectivity index (χ3n) is 2.82. The number of anilines is 1. The first-order valence-corrected chi connectivity index (χ1v) is 6.34. The van der Waals surface area contributed by atoms with E-state index in [0.29, 0.717) is 23.8 Å². The van der Waals surface area contributed by atoms with E-state index in [2.05, 4.69) is 10.3 Å². The zero-order valence-corrected chi connectivity index (χ0v) is 11.4. The summed E-state index contributed by atoms with van der Waals surface area (Å²) in [6, 6.07) is 2.92. The van der Waals surface area contributed by atoms with Gasteiger partial charge in [0, 0.05) is 6.20 Å². The second-order valence-electron chi connectivity index (χ2n) is 4.97. The van der Waals surface area contributed by atoms with E-state index >= 15 is 0 Å². The monoisotopic (exact) mass is 280 g/mol. The molecule has 0 fully saturated rings. The van der Waals surface area contributed by atoms with Gasteiger partial charge in [0.1, 0.15) is 17.3 Å². The number of halogens is 1. The molecule has 2 rings (SSSR count). The Bertz CT molecular complexity index is 624. The van der Waals surface area contributed by atoms with E-state index < -0.39 is 5.91 Å². The fourth-order valence-electron chi connectivity index (χ4n) is 1.99. The third-order valence-corrected chi connectivity index (χ3v) is 2.82. The molecule has 0 aliphatic heterocycles. The molecule has 0 spiro atoms. The van der Waals surface area contributed by atoms with Gasteiger partial charge in [-0.2, -0.15) is 0 Å². The van der Waals surface area contributed by atoms with E-state index in [9.17, 15) is 9.18 Å². The zero-order chi connectivity index (χ0) is 14.7. The first kappa shape index (κ1) is 14.3.